The molecule has 2 aromatic rings. The van der Waals surface area contributed by atoms with Crippen LogP contribution in [0, 0.1) is 5.82 Å². The van der Waals surface area contributed by atoms with E-state index < -0.39 is 11.7 Å². The van der Waals surface area contributed by atoms with Gasteiger partial charge in [0.2, 0.25) is 5.91 Å². The zero-order chi connectivity index (χ0) is 15.4. The standard InChI is InChI=1S/C15H16FN3O2/c1-9(11-5-12(16)8-18-7-11)19-13-6-10(15(17)20)3-4-14(13)21-2/h3-9,19H,1-2H3,(H2,17,20). The van der Waals surface area contributed by atoms with E-state index in [2.05, 4.69) is 10.3 Å². The summed E-state index contributed by atoms with van der Waals surface area (Å²) in [4.78, 5) is 15.1. The van der Waals surface area contributed by atoms with Crippen molar-refractivity contribution in [2.24, 2.45) is 5.73 Å². The largest absolute Gasteiger partial charge is 0.495 e. The number of anilines is 1. The number of pyridine rings is 1. The average molecular weight is 289 g/mol. The van der Waals surface area contributed by atoms with E-state index in [1.807, 2.05) is 6.92 Å². The summed E-state index contributed by atoms with van der Waals surface area (Å²) in [5.74, 6) is -0.365. The third kappa shape index (κ3) is 3.47. The second-order valence-electron chi connectivity index (χ2n) is 4.58. The first-order valence-corrected chi connectivity index (χ1v) is 6.36. The quantitative estimate of drug-likeness (QED) is 0.886. The van der Waals surface area contributed by atoms with Crippen molar-refractivity contribution in [1.82, 2.24) is 4.98 Å². The highest BCUT2D eigenvalue weighted by Crippen LogP contribution is 2.29. The second-order valence-corrected chi connectivity index (χ2v) is 4.58. The maximum atomic E-state index is 13.2. The van der Waals surface area contributed by atoms with E-state index >= 15 is 0 Å². The molecule has 0 bridgehead atoms. The molecule has 110 valence electrons. The van der Waals surface area contributed by atoms with E-state index in [1.165, 1.54) is 13.2 Å². The van der Waals surface area contributed by atoms with Crippen molar-refractivity contribution in [3.63, 3.8) is 0 Å². The Morgan fingerprint density at radius 1 is 1.38 bits per heavy atom. The van der Waals surface area contributed by atoms with Crippen molar-refractivity contribution in [3.05, 3.63) is 53.6 Å². The molecule has 1 atom stereocenters. The van der Waals surface area contributed by atoms with E-state index in [0.29, 0.717) is 22.6 Å². The van der Waals surface area contributed by atoms with E-state index in [4.69, 9.17) is 10.5 Å². The molecule has 0 aliphatic rings. The number of carbonyl (C=O) groups is 1. The summed E-state index contributed by atoms with van der Waals surface area (Å²) in [5.41, 5.74) is 6.92. The Kier molecular flexibility index (Phi) is 4.37. The van der Waals surface area contributed by atoms with Crippen molar-refractivity contribution >= 4 is 11.6 Å². The molecular weight excluding hydrogens is 273 g/mol. The van der Waals surface area contributed by atoms with Gasteiger partial charge in [0.1, 0.15) is 11.6 Å². The van der Waals surface area contributed by atoms with Crippen molar-refractivity contribution in [2.45, 2.75) is 13.0 Å². The molecule has 0 radical (unpaired) electrons. The van der Waals surface area contributed by atoms with Crippen molar-refractivity contribution < 1.29 is 13.9 Å². The lowest BCUT2D eigenvalue weighted by molar-refractivity contribution is 0.100. The topological polar surface area (TPSA) is 77.2 Å². The lowest BCUT2D eigenvalue weighted by atomic mass is 10.1. The number of rotatable bonds is 5. The van der Waals surface area contributed by atoms with Crippen LogP contribution in [0.4, 0.5) is 10.1 Å². The van der Waals surface area contributed by atoms with Crippen molar-refractivity contribution in [1.29, 1.82) is 0 Å². The lowest BCUT2D eigenvalue weighted by Gasteiger charge is -2.18. The molecule has 1 heterocycles. The van der Waals surface area contributed by atoms with Gasteiger partial charge in [-0.15, -0.1) is 0 Å². The highest BCUT2D eigenvalue weighted by Gasteiger charge is 2.12. The van der Waals surface area contributed by atoms with Gasteiger partial charge in [-0.3, -0.25) is 9.78 Å². The molecule has 5 nitrogen and oxygen atoms in total. The van der Waals surface area contributed by atoms with Gasteiger partial charge < -0.3 is 15.8 Å². The molecule has 0 aliphatic heterocycles. The van der Waals surface area contributed by atoms with Crippen LogP contribution in [0.2, 0.25) is 0 Å². The highest BCUT2D eigenvalue weighted by atomic mass is 19.1. The molecule has 0 aliphatic carbocycles. The van der Waals surface area contributed by atoms with Gasteiger partial charge in [-0.2, -0.15) is 0 Å². The second kappa shape index (κ2) is 6.21. The molecule has 1 aromatic heterocycles. The van der Waals surface area contributed by atoms with E-state index in [1.54, 1.807) is 24.4 Å². The highest BCUT2D eigenvalue weighted by molar-refractivity contribution is 5.94. The number of hydrogen-bond donors (Lipinski definition) is 2. The maximum Gasteiger partial charge on any atom is 0.248 e. The fourth-order valence-corrected chi connectivity index (χ4v) is 1.96. The molecule has 2 rings (SSSR count). The number of nitrogens with one attached hydrogen (secondary N) is 1. The molecule has 1 aromatic carbocycles. The number of halogens is 1. The van der Waals surface area contributed by atoms with Crippen LogP contribution < -0.4 is 15.8 Å². The summed E-state index contributed by atoms with van der Waals surface area (Å²) in [6.07, 6.45) is 2.72. The Balaban J connectivity index is 2.29. The summed E-state index contributed by atoms with van der Waals surface area (Å²) in [5, 5.41) is 3.16. The lowest BCUT2D eigenvalue weighted by Crippen LogP contribution is -2.13. The minimum atomic E-state index is -0.527. The summed E-state index contributed by atoms with van der Waals surface area (Å²) < 4.78 is 18.4. The van der Waals surface area contributed by atoms with Crippen LogP contribution in [-0.2, 0) is 0 Å². The predicted octanol–water partition coefficient (Wildman–Crippen LogP) is 2.50. The summed E-state index contributed by atoms with van der Waals surface area (Å²) in [7, 11) is 1.53. The molecular formula is C15H16FN3O2. The first-order valence-electron chi connectivity index (χ1n) is 6.36. The summed E-state index contributed by atoms with van der Waals surface area (Å²) in [6.45, 7) is 1.85. The number of nitrogens with two attached hydrogens (primary N) is 1. The van der Waals surface area contributed by atoms with Crippen LogP contribution in [0.25, 0.3) is 0 Å². The van der Waals surface area contributed by atoms with Gasteiger partial charge in [-0.1, -0.05) is 0 Å². The molecule has 0 saturated heterocycles. The molecule has 21 heavy (non-hydrogen) atoms. The number of benzene rings is 1. The smallest absolute Gasteiger partial charge is 0.248 e. The molecule has 1 unspecified atom stereocenters. The average Bonchev–Trinajstić information content (AvgIpc) is 2.47. The number of methoxy groups -OCH3 is 1. The summed E-state index contributed by atoms with van der Waals surface area (Å²) in [6, 6.07) is 6.02. The number of ether oxygens (including phenoxy) is 1. The first kappa shape index (κ1) is 14.8. The van der Waals surface area contributed by atoms with Gasteiger partial charge in [0, 0.05) is 11.8 Å². The predicted molar refractivity (Wildman–Crippen MR) is 77.7 cm³/mol. The molecule has 0 fully saturated rings. The van der Waals surface area contributed by atoms with E-state index in [0.717, 1.165) is 6.20 Å². The number of nitrogens with zero attached hydrogens (tertiary/aromatic N) is 1. The number of hydrogen-bond acceptors (Lipinski definition) is 4. The first-order chi connectivity index (χ1) is 10.0. The van der Waals surface area contributed by atoms with Crippen molar-refractivity contribution in [3.8, 4) is 5.75 Å². The Bertz CT molecular complexity index is 661. The number of primary amides is 1. The van der Waals surface area contributed by atoms with Gasteiger partial charge in [-0.25, -0.2) is 4.39 Å². The van der Waals surface area contributed by atoms with Crippen LogP contribution in [0.5, 0.6) is 5.75 Å². The zero-order valence-electron chi connectivity index (χ0n) is 11.8. The monoisotopic (exact) mass is 289 g/mol. The third-order valence-electron chi connectivity index (χ3n) is 3.08. The minimum absolute atomic E-state index is 0.217. The molecule has 3 N–H and O–H groups in total. The van der Waals surface area contributed by atoms with Crippen LogP contribution in [0.3, 0.4) is 0 Å². The fourth-order valence-electron chi connectivity index (χ4n) is 1.96. The maximum absolute atomic E-state index is 13.2. The zero-order valence-corrected chi connectivity index (χ0v) is 11.8. The number of carbonyl (C=O) groups excluding carboxylic acids is 1. The van der Waals surface area contributed by atoms with Crippen LogP contribution in [-0.4, -0.2) is 18.0 Å². The number of aromatic nitrogens is 1. The van der Waals surface area contributed by atoms with E-state index in [-0.39, 0.29) is 6.04 Å². The summed E-state index contributed by atoms with van der Waals surface area (Å²) >= 11 is 0. The Hall–Kier alpha value is -2.63. The Morgan fingerprint density at radius 3 is 2.76 bits per heavy atom. The molecule has 0 spiro atoms. The third-order valence-corrected chi connectivity index (χ3v) is 3.08. The fraction of sp³-hybridized carbons (Fsp3) is 0.200. The van der Waals surface area contributed by atoms with Gasteiger partial charge >= 0.3 is 0 Å². The molecule has 6 heteroatoms. The molecule has 0 saturated carbocycles. The molecule has 1 amide bonds. The normalized spacial score (nSPS) is 11.8. The Morgan fingerprint density at radius 2 is 2.14 bits per heavy atom. The van der Waals surface area contributed by atoms with Gasteiger partial charge in [0.15, 0.2) is 0 Å². The van der Waals surface area contributed by atoms with Crippen LogP contribution >= 0.6 is 0 Å². The van der Waals surface area contributed by atoms with Gasteiger partial charge in [-0.05, 0) is 36.8 Å². The van der Waals surface area contributed by atoms with E-state index in [9.17, 15) is 9.18 Å². The van der Waals surface area contributed by atoms with Gasteiger partial charge in [0.05, 0.1) is 25.0 Å². The van der Waals surface area contributed by atoms with Crippen LogP contribution in [0.15, 0.2) is 36.7 Å². The van der Waals surface area contributed by atoms with Crippen LogP contribution in [0.1, 0.15) is 28.9 Å². The van der Waals surface area contributed by atoms with Gasteiger partial charge in [0.25, 0.3) is 0 Å². The number of amides is 1. The SMILES string of the molecule is COc1ccc(C(N)=O)cc1NC(C)c1cncc(F)c1. The van der Waals surface area contributed by atoms with Crippen molar-refractivity contribution in [2.75, 3.05) is 12.4 Å². The minimum Gasteiger partial charge on any atom is -0.495 e. The Labute approximate surface area is 121 Å².